The van der Waals surface area contributed by atoms with Crippen molar-refractivity contribution in [2.75, 3.05) is 72.6 Å². The summed E-state index contributed by atoms with van der Waals surface area (Å²) in [5.74, 6) is 2.33. The van der Waals surface area contributed by atoms with E-state index >= 15 is 0 Å². The lowest BCUT2D eigenvalue weighted by atomic mass is 9.87. The topological polar surface area (TPSA) is 372 Å². The fraction of sp³-hybridized carbons (Fsp3) is 0.408. The fourth-order valence-corrected chi connectivity index (χ4v) is 18.5. The molecule has 29 nitrogen and oxygen atoms in total. The standard InChI is InChI=1S/C23H23N3O5S.C17H19N3O2S.C16H17N3O2S.C9H11NO.C8H9BrN2OS.3CO2/c1-23(2)10-15-19(20(28)25-23)32-22(24-15)26-5-6-30-17-4-3-11(7-16(17)26)18(27)13-8-12-9-14(13)21(29)31-12;1-10-4-5-13-12(8-10)20(6-7-22-13)16-18-11-9-17(2,3)19-15(21)14(11)23-16;1-16(2)9-10-13(14(20)18-16)22-15(17-10)19-7-8-21-12-6-4-3-5-11(12)19;1-7-2-3-9-8(6-7)10-4-5-11-9;1-8(2)3-4-5(6(12)11-8)13-7(9)10-4;3*2-1-3/h3-4,7,12-14H,5-6,8-10H2,1-2H3,(H,25,28);4-5,8H,6-7,9H2,1-3H3,(H,19,21);3-6H,7-9H2,1-2H3,(H,18,20);2-3,6,10H,4-5H2,1H3;3H2,1-2H3,(H,11,12);;;/t12-,13?,14-;;;;;;;/m1......./s1. The van der Waals surface area contributed by atoms with Crippen LogP contribution in [0.15, 0.2) is 82.8 Å². The molecular formula is C76H79BrN12O17S4. The molecule has 576 valence electrons. The summed E-state index contributed by atoms with van der Waals surface area (Å²) in [5.41, 5.74) is 9.47. The summed E-state index contributed by atoms with van der Waals surface area (Å²) in [4.78, 5) is 150. The third kappa shape index (κ3) is 18.6. The quantitative estimate of drug-likeness (QED) is 0.0789. The van der Waals surface area contributed by atoms with Gasteiger partial charge in [0.05, 0.1) is 71.1 Å². The van der Waals surface area contributed by atoms with Crippen LogP contribution in [0.25, 0.3) is 0 Å². The van der Waals surface area contributed by atoms with Crippen LogP contribution in [0.3, 0.4) is 0 Å². The Labute approximate surface area is 656 Å². The molecule has 9 aliphatic heterocycles. The van der Waals surface area contributed by atoms with Gasteiger partial charge in [0.25, 0.3) is 23.6 Å². The summed E-state index contributed by atoms with van der Waals surface area (Å²) in [5, 5.41) is 17.8. The normalized spacial score (nSPS) is 19.6. The average Bonchev–Trinajstić information content (AvgIpc) is 1.61. The number of ketones is 1. The van der Waals surface area contributed by atoms with Crippen molar-refractivity contribution >= 4 is 153 Å². The van der Waals surface area contributed by atoms with Gasteiger partial charge in [-0.2, -0.15) is 28.8 Å². The van der Waals surface area contributed by atoms with Gasteiger partial charge >= 0.3 is 24.4 Å². The predicted molar refractivity (Wildman–Crippen MR) is 409 cm³/mol. The summed E-state index contributed by atoms with van der Waals surface area (Å²) >= 11 is 8.97. The zero-order valence-corrected chi connectivity index (χ0v) is 66.6. The van der Waals surface area contributed by atoms with Crippen molar-refractivity contribution in [2.24, 2.45) is 11.8 Å². The number of esters is 1. The van der Waals surface area contributed by atoms with Crippen molar-refractivity contribution in [1.29, 1.82) is 0 Å². The minimum atomic E-state index is -0.334. The molecule has 1 unspecified atom stereocenters. The van der Waals surface area contributed by atoms with E-state index in [1.807, 2.05) is 115 Å². The first kappa shape index (κ1) is 80.5. The number of fused-ring (bicyclic) bond motifs is 10. The minimum Gasteiger partial charge on any atom is -0.490 e. The number of aromatic nitrogens is 4. The molecule has 34 heteroatoms. The molecule has 3 atom stereocenters. The first-order chi connectivity index (χ1) is 52.3. The lowest BCUT2D eigenvalue weighted by Gasteiger charge is -2.30. The maximum Gasteiger partial charge on any atom is 0.373 e. The summed E-state index contributed by atoms with van der Waals surface area (Å²) in [6, 6.07) is 25.7. The molecule has 2 fully saturated rings. The number of benzene rings is 4. The Morgan fingerprint density at radius 1 is 0.482 bits per heavy atom. The van der Waals surface area contributed by atoms with Crippen LogP contribution in [-0.2, 0) is 64.0 Å². The van der Waals surface area contributed by atoms with Gasteiger partial charge in [0.15, 0.2) is 25.1 Å². The van der Waals surface area contributed by atoms with Gasteiger partial charge < -0.3 is 65.0 Å². The van der Waals surface area contributed by atoms with E-state index in [1.165, 1.54) is 56.5 Å². The number of halogens is 1. The lowest BCUT2D eigenvalue weighted by molar-refractivity contribution is -0.193. The molecule has 4 aromatic heterocycles. The first-order valence-electron chi connectivity index (χ1n) is 35.0. The second-order valence-corrected chi connectivity index (χ2v) is 34.6. The number of ether oxygens (including phenoxy) is 5. The van der Waals surface area contributed by atoms with E-state index < -0.39 is 0 Å². The van der Waals surface area contributed by atoms with E-state index in [0.29, 0.717) is 61.8 Å². The second kappa shape index (κ2) is 33.7. The van der Waals surface area contributed by atoms with E-state index in [-0.39, 0.29) is 93.9 Å². The Morgan fingerprint density at radius 3 is 1.34 bits per heavy atom. The van der Waals surface area contributed by atoms with Crippen LogP contribution in [0.4, 0.5) is 38.1 Å². The van der Waals surface area contributed by atoms with Crippen molar-refractivity contribution in [1.82, 2.24) is 41.2 Å². The van der Waals surface area contributed by atoms with Gasteiger partial charge in [0.2, 0.25) is 0 Å². The highest BCUT2D eigenvalue weighted by Crippen LogP contribution is 2.47. The number of thiazole rings is 4. The maximum absolute atomic E-state index is 13.3. The van der Waals surface area contributed by atoms with Gasteiger partial charge in [-0.3, -0.25) is 28.8 Å². The number of anilines is 7. The molecule has 4 amide bonds. The Balaban J connectivity index is 0.000000138. The summed E-state index contributed by atoms with van der Waals surface area (Å²) in [7, 11) is 0. The number of amides is 4. The van der Waals surface area contributed by atoms with Crippen LogP contribution in [0, 0.1) is 25.7 Å². The molecule has 110 heavy (non-hydrogen) atoms. The van der Waals surface area contributed by atoms with E-state index in [0.717, 1.165) is 142 Å². The van der Waals surface area contributed by atoms with E-state index in [2.05, 4.69) is 89.3 Å². The number of aryl methyl sites for hydroxylation is 2. The van der Waals surface area contributed by atoms with Crippen molar-refractivity contribution in [3.8, 4) is 23.0 Å². The van der Waals surface area contributed by atoms with Crippen LogP contribution in [0.1, 0.15) is 151 Å². The van der Waals surface area contributed by atoms with Crippen molar-refractivity contribution in [3.05, 3.63) is 142 Å². The molecule has 5 N–H and O–H groups in total. The minimum absolute atomic E-state index is 0.00514. The third-order valence-electron chi connectivity index (χ3n) is 18.6. The summed E-state index contributed by atoms with van der Waals surface area (Å²) < 4.78 is 28.7. The van der Waals surface area contributed by atoms with Gasteiger partial charge in [-0.05, 0) is 164 Å². The molecule has 0 radical (unpaired) electrons. The summed E-state index contributed by atoms with van der Waals surface area (Å²) in [6.07, 6.45) is 4.84. The number of Topliss-reactive ketones (excluding diaryl/α,β-unsaturated/α-hetero) is 1. The maximum atomic E-state index is 13.3. The van der Waals surface area contributed by atoms with Gasteiger partial charge in [0, 0.05) is 65.9 Å². The number of carbonyl (C=O) groups excluding carboxylic acids is 12. The fourth-order valence-electron chi connectivity index (χ4n) is 14.0. The lowest BCUT2D eigenvalue weighted by Crippen LogP contribution is -2.48. The third-order valence-corrected chi connectivity index (χ3v) is 23.5. The number of nitrogens with one attached hydrogen (secondary N) is 5. The van der Waals surface area contributed by atoms with Crippen LogP contribution < -0.4 is 60.2 Å². The van der Waals surface area contributed by atoms with Crippen LogP contribution >= 0.6 is 61.3 Å². The summed E-state index contributed by atoms with van der Waals surface area (Å²) in [6.45, 7) is 25.7. The second-order valence-electron chi connectivity index (χ2n) is 29.4. The molecule has 2 bridgehead atoms. The van der Waals surface area contributed by atoms with E-state index in [9.17, 15) is 28.8 Å². The van der Waals surface area contributed by atoms with Crippen LogP contribution in [0.2, 0.25) is 0 Å². The number of hydrogen-bond acceptors (Lipinski definition) is 29. The van der Waals surface area contributed by atoms with Gasteiger partial charge in [-0.25, -0.2) is 19.9 Å². The highest BCUT2D eigenvalue weighted by molar-refractivity contribution is 9.11. The predicted octanol–water partition coefficient (Wildman–Crippen LogP) is 10.7. The number of rotatable bonds is 5. The Kier molecular flexibility index (Phi) is 24.7. The number of carbonyl (C=O) groups is 6. The Hall–Kier alpha value is -10.6. The van der Waals surface area contributed by atoms with Crippen molar-refractivity contribution < 1.29 is 81.2 Å². The van der Waals surface area contributed by atoms with Crippen molar-refractivity contribution in [2.45, 2.75) is 136 Å². The van der Waals surface area contributed by atoms with Gasteiger partial charge in [0.1, 0.15) is 75.0 Å². The monoisotopic (exact) mass is 1640 g/mol. The molecule has 1 saturated carbocycles. The molecule has 1 saturated heterocycles. The molecule has 0 spiro atoms. The molecule has 10 aliphatic rings. The number of hydrogen-bond donors (Lipinski definition) is 5. The molecule has 1 aliphatic carbocycles. The number of nitrogens with zero attached hydrogens (tertiary/aromatic N) is 7. The average molecular weight is 1640 g/mol. The van der Waals surface area contributed by atoms with E-state index in [1.54, 1.807) is 6.07 Å². The van der Waals surface area contributed by atoms with Crippen LogP contribution in [0.5, 0.6) is 23.0 Å². The Bertz CT molecular complexity index is 4940. The molecule has 4 aromatic carbocycles. The number of para-hydroxylation sites is 2. The molecule has 13 heterocycles. The highest BCUT2D eigenvalue weighted by atomic mass is 79.9. The molecule has 8 aromatic rings. The van der Waals surface area contributed by atoms with E-state index in [4.69, 9.17) is 67.4 Å². The molecule has 18 rings (SSSR count). The molecular weight excluding hydrogens is 1560 g/mol. The smallest absolute Gasteiger partial charge is 0.373 e. The Morgan fingerprint density at radius 2 is 0.873 bits per heavy atom. The first-order valence-corrected chi connectivity index (χ1v) is 39.1. The van der Waals surface area contributed by atoms with Crippen molar-refractivity contribution in [3.63, 3.8) is 0 Å². The zero-order chi connectivity index (χ0) is 79.1. The van der Waals surface area contributed by atoms with Gasteiger partial charge in [-0.1, -0.05) is 58.3 Å². The largest absolute Gasteiger partial charge is 0.490 e. The SMILES string of the molecule is CC1(C)Cc2nc(Br)sc2C(=O)N1.CC1(C)Cc2nc(N3CCOc4ccc(C(=O)C5C[C@@H]6C[C@H]5C(=O)O6)cc43)sc2C(=O)N1.CC1(C)Cc2nc(N3CCOc4ccccc43)sc2C(=O)N1.Cc1ccc2c(c1)N(c1nc3c(s1)C(=O)NC(C)(C)C3)CCO2.Cc1ccc2c(c1)NCCO2.O=C=O.O=C=O.O=C=O. The van der Waals surface area contributed by atoms with Gasteiger partial charge in [-0.15, -0.1) is 11.3 Å². The zero-order valence-electron chi connectivity index (χ0n) is 61.7. The van der Waals surface area contributed by atoms with Crippen LogP contribution in [-0.4, -0.2) is 155 Å². The highest BCUT2D eigenvalue weighted by Gasteiger charge is 2.51.